The summed E-state index contributed by atoms with van der Waals surface area (Å²) in [5.74, 6) is 1.28. The van der Waals surface area contributed by atoms with Crippen molar-refractivity contribution < 1.29 is 9.59 Å². The Labute approximate surface area is 164 Å². The molecule has 1 aliphatic carbocycles. The predicted molar refractivity (Wildman–Crippen MR) is 107 cm³/mol. The van der Waals surface area contributed by atoms with Crippen molar-refractivity contribution in [1.29, 1.82) is 0 Å². The summed E-state index contributed by atoms with van der Waals surface area (Å²) in [6.45, 7) is 7.38. The van der Waals surface area contributed by atoms with Crippen molar-refractivity contribution in [3.8, 4) is 0 Å². The number of ketones is 1. The van der Waals surface area contributed by atoms with E-state index < -0.39 is 0 Å². The number of benzene rings is 1. The highest BCUT2D eigenvalue weighted by atomic mass is 32.2. The molecule has 1 amide bonds. The van der Waals surface area contributed by atoms with E-state index in [0.29, 0.717) is 22.2 Å². The zero-order chi connectivity index (χ0) is 19.6. The number of aryl methyl sites for hydroxylation is 2. The van der Waals surface area contributed by atoms with Gasteiger partial charge in [0.2, 0.25) is 5.91 Å². The molecule has 1 saturated carbocycles. The summed E-state index contributed by atoms with van der Waals surface area (Å²) in [5, 5.41) is 3.65. The Morgan fingerprint density at radius 1 is 1.22 bits per heavy atom. The van der Waals surface area contributed by atoms with E-state index in [0.717, 1.165) is 29.8 Å². The fraction of sp³-hybridized carbons (Fsp3) is 0.429. The molecule has 0 spiro atoms. The lowest BCUT2D eigenvalue weighted by atomic mass is 10.0. The van der Waals surface area contributed by atoms with E-state index in [4.69, 9.17) is 0 Å². The van der Waals surface area contributed by atoms with Gasteiger partial charge in [-0.1, -0.05) is 36.0 Å². The lowest BCUT2D eigenvalue weighted by Crippen LogP contribution is -2.28. The minimum atomic E-state index is -0.0745. The fourth-order valence-corrected chi connectivity index (χ4v) is 4.11. The SMILES string of the molecule is CC(=O)c1c(C)nc(C2CC2)nc1SCC(=O)N[C@@H](C)c1ccccc1C. The molecule has 6 heteroatoms. The van der Waals surface area contributed by atoms with Crippen LogP contribution in [-0.4, -0.2) is 27.4 Å². The van der Waals surface area contributed by atoms with Crippen LogP contribution in [0, 0.1) is 13.8 Å². The third-order valence-corrected chi connectivity index (χ3v) is 5.72. The van der Waals surface area contributed by atoms with Gasteiger partial charge >= 0.3 is 0 Å². The predicted octanol–water partition coefficient (Wildman–Crippen LogP) is 4.14. The average molecular weight is 384 g/mol. The molecule has 2 aromatic rings. The minimum Gasteiger partial charge on any atom is -0.349 e. The highest BCUT2D eigenvalue weighted by molar-refractivity contribution is 8.00. The van der Waals surface area contributed by atoms with Gasteiger partial charge in [0.25, 0.3) is 0 Å². The minimum absolute atomic E-state index is 0.0639. The second-order valence-corrected chi connectivity index (χ2v) is 8.08. The number of carbonyl (C=O) groups is 2. The maximum Gasteiger partial charge on any atom is 0.230 e. The largest absolute Gasteiger partial charge is 0.349 e. The maximum absolute atomic E-state index is 12.4. The standard InChI is InChI=1S/C21H25N3O2S/c1-12-7-5-6-8-17(12)13(2)22-18(26)11-27-21-19(15(4)25)14(3)23-20(24-21)16-9-10-16/h5-8,13,16H,9-11H2,1-4H3,(H,22,26)/t13-/m0/s1. The molecule has 0 bridgehead atoms. The van der Waals surface area contributed by atoms with E-state index in [1.54, 1.807) is 0 Å². The van der Waals surface area contributed by atoms with Crippen LogP contribution in [0.3, 0.4) is 0 Å². The number of thioether (sulfide) groups is 1. The number of carbonyl (C=O) groups excluding carboxylic acids is 2. The number of aromatic nitrogens is 2. The number of Topliss-reactive ketones (excluding diaryl/α,β-unsaturated/α-hetero) is 1. The Balaban J connectivity index is 1.69. The summed E-state index contributed by atoms with van der Waals surface area (Å²) in [7, 11) is 0. The van der Waals surface area contributed by atoms with Crippen molar-refractivity contribution in [2.75, 3.05) is 5.75 Å². The Morgan fingerprint density at radius 2 is 1.93 bits per heavy atom. The quantitative estimate of drug-likeness (QED) is 0.442. The fourth-order valence-electron chi connectivity index (χ4n) is 3.17. The Bertz CT molecular complexity index is 878. The van der Waals surface area contributed by atoms with Gasteiger partial charge in [-0.2, -0.15) is 0 Å². The lowest BCUT2D eigenvalue weighted by molar-refractivity contribution is -0.119. The van der Waals surface area contributed by atoms with Crippen molar-refractivity contribution in [2.24, 2.45) is 0 Å². The Morgan fingerprint density at radius 3 is 2.56 bits per heavy atom. The molecule has 27 heavy (non-hydrogen) atoms. The number of hydrogen-bond donors (Lipinski definition) is 1. The van der Waals surface area contributed by atoms with Gasteiger partial charge < -0.3 is 5.32 Å². The average Bonchev–Trinajstić information content (AvgIpc) is 3.44. The zero-order valence-corrected chi connectivity index (χ0v) is 17.0. The first kappa shape index (κ1) is 19.5. The molecule has 1 aromatic carbocycles. The highest BCUT2D eigenvalue weighted by Gasteiger charge is 2.29. The third-order valence-electron chi connectivity index (χ3n) is 4.74. The van der Waals surface area contributed by atoms with Crippen LogP contribution < -0.4 is 5.32 Å². The number of nitrogens with zero attached hydrogens (tertiary/aromatic N) is 2. The van der Waals surface area contributed by atoms with E-state index in [2.05, 4.69) is 15.3 Å². The highest BCUT2D eigenvalue weighted by Crippen LogP contribution is 2.39. The number of rotatable bonds is 7. The molecule has 3 rings (SSSR count). The first-order valence-corrected chi connectivity index (χ1v) is 10.2. The first-order chi connectivity index (χ1) is 12.9. The summed E-state index contributed by atoms with van der Waals surface area (Å²) in [6.07, 6.45) is 2.19. The molecule has 0 unspecified atom stereocenters. The first-order valence-electron chi connectivity index (χ1n) is 9.24. The smallest absolute Gasteiger partial charge is 0.230 e. The van der Waals surface area contributed by atoms with Crippen LogP contribution in [0.4, 0.5) is 0 Å². The Hall–Kier alpha value is -2.21. The van der Waals surface area contributed by atoms with Crippen LogP contribution in [-0.2, 0) is 4.79 Å². The van der Waals surface area contributed by atoms with Crippen molar-refractivity contribution in [3.63, 3.8) is 0 Å². The third kappa shape index (κ3) is 4.75. The van der Waals surface area contributed by atoms with Gasteiger partial charge in [0.1, 0.15) is 10.9 Å². The van der Waals surface area contributed by atoms with Crippen LogP contribution in [0.1, 0.15) is 71.7 Å². The second kappa shape index (κ2) is 8.21. The van der Waals surface area contributed by atoms with Gasteiger partial charge in [-0.25, -0.2) is 9.97 Å². The molecule has 0 saturated heterocycles. The molecule has 1 aromatic heterocycles. The summed E-state index contributed by atoms with van der Waals surface area (Å²) in [6, 6.07) is 7.95. The van der Waals surface area contributed by atoms with Gasteiger partial charge in [0.05, 0.1) is 23.1 Å². The summed E-state index contributed by atoms with van der Waals surface area (Å²) in [4.78, 5) is 33.6. The number of amides is 1. The van der Waals surface area contributed by atoms with Crippen LogP contribution >= 0.6 is 11.8 Å². The molecule has 1 N–H and O–H groups in total. The van der Waals surface area contributed by atoms with Gasteiger partial charge in [0, 0.05) is 5.92 Å². The molecule has 5 nitrogen and oxygen atoms in total. The van der Waals surface area contributed by atoms with Crippen LogP contribution in [0.2, 0.25) is 0 Å². The van der Waals surface area contributed by atoms with Gasteiger partial charge in [-0.05, 0) is 51.7 Å². The van der Waals surface area contributed by atoms with Crippen LogP contribution in [0.15, 0.2) is 29.3 Å². The molecule has 1 fully saturated rings. The van der Waals surface area contributed by atoms with E-state index >= 15 is 0 Å². The lowest BCUT2D eigenvalue weighted by Gasteiger charge is -2.17. The van der Waals surface area contributed by atoms with E-state index in [1.807, 2.05) is 45.0 Å². The van der Waals surface area contributed by atoms with Gasteiger partial charge in [-0.15, -0.1) is 0 Å². The van der Waals surface area contributed by atoms with E-state index in [-0.39, 0.29) is 23.5 Å². The number of hydrogen-bond acceptors (Lipinski definition) is 5. The van der Waals surface area contributed by atoms with Gasteiger partial charge in [0.15, 0.2) is 5.78 Å². The molecule has 0 aliphatic heterocycles. The molecule has 1 aliphatic rings. The van der Waals surface area contributed by atoms with Gasteiger partial charge in [-0.3, -0.25) is 9.59 Å². The monoisotopic (exact) mass is 383 g/mol. The zero-order valence-electron chi connectivity index (χ0n) is 16.2. The van der Waals surface area contributed by atoms with E-state index in [1.165, 1.54) is 18.7 Å². The van der Waals surface area contributed by atoms with Crippen molar-refractivity contribution in [3.05, 3.63) is 52.5 Å². The second-order valence-electron chi connectivity index (χ2n) is 7.11. The van der Waals surface area contributed by atoms with Crippen molar-refractivity contribution >= 4 is 23.5 Å². The molecule has 142 valence electrons. The summed E-state index contributed by atoms with van der Waals surface area (Å²) >= 11 is 1.31. The number of nitrogens with one attached hydrogen (secondary N) is 1. The van der Waals surface area contributed by atoms with Crippen molar-refractivity contribution in [1.82, 2.24) is 15.3 Å². The topological polar surface area (TPSA) is 72.0 Å². The van der Waals surface area contributed by atoms with Crippen molar-refractivity contribution in [2.45, 2.75) is 57.5 Å². The Kier molecular flexibility index (Phi) is 5.95. The van der Waals surface area contributed by atoms with E-state index in [9.17, 15) is 9.59 Å². The maximum atomic E-state index is 12.4. The summed E-state index contributed by atoms with van der Waals surface area (Å²) < 4.78 is 0. The van der Waals surface area contributed by atoms with Crippen LogP contribution in [0.25, 0.3) is 0 Å². The normalized spacial score (nSPS) is 14.7. The van der Waals surface area contributed by atoms with Crippen LogP contribution in [0.5, 0.6) is 0 Å². The molecule has 1 atom stereocenters. The molecule has 1 heterocycles. The molecular weight excluding hydrogens is 358 g/mol. The molecular formula is C21H25N3O2S. The molecule has 0 radical (unpaired) electrons. The summed E-state index contributed by atoms with van der Waals surface area (Å²) in [5.41, 5.74) is 3.49.